The first-order chi connectivity index (χ1) is 18.1. The van der Waals surface area contributed by atoms with Crippen molar-refractivity contribution in [1.82, 2.24) is 8.87 Å². The predicted octanol–water partition coefficient (Wildman–Crippen LogP) is 3.96. The van der Waals surface area contributed by atoms with Gasteiger partial charge in [-0.15, -0.1) is 0 Å². The minimum absolute atomic E-state index is 0.0386. The topological polar surface area (TPSA) is 124 Å². The molecule has 2 aromatic carbocycles. The van der Waals surface area contributed by atoms with Gasteiger partial charge in [0.1, 0.15) is 11.5 Å². The van der Waals surface area contributed by atoms with E-state index < -0.39 is 33.5 Å². The molecule has 0 aliphatic carbocycles. The van der Waals surface area contributed by atoms with Crippen molar-refractivity contribution in [3.63, 3.8) is 0 Å². The molecule has 1 aliphatic heterocycles. The summed E-state index contributed by atoms with van der Waals surface area (Å²) in [5.74, 6) is -0.497. The molecule has 10 nitrogen and oxygen atoms in total. The molecule has 1 aliphatic rings. The Morgan fingerprint density at radius 2 is 1.85 bits per heavy atom. The van der Waals surface area contributed by atoms with E-state index in [0.717, 1.165) is 39.6 Å². The first-order valence-corrected chi connectivity index (χ1v) is 13.9. The molecular formula is C28H34N2O8S. The Morgan fingerprint density at radius 3 is 2.46 bits per heavy atom. The Balaban J connectivity index is 2.10. The monoisotopic (exact) mass is 558 g/mol. The van der Waals surface area contributed by atoms with Crippen LogP contribution in [-0.2, 0) is 33.3 Å². The Bertz CT molecular complexity index is 1620. The van der Waals surface area contributed by atoms with Crippen LogP contribution < -0.4 is 14.5 Å². The molecule has 1 aromatic heterocycles. The number of aliphatic carboxylic acids is 1. The first-order valence-electron chi connectivity index (χ1n) is 12.6. The van der Waals surface area contributed by atoms with Crippen LogP contribution >= 0.6 is 0 Å². The molecule has 1 N–H and O–H groups in total. The fraction of sp³-hybridized carbons (Fsp3) is 0.429. The number of carboxylic acids is 1. The maximum absolute atomic E-state index is 13.7. The second-order valence-corrected chi connectivity index (χ2v) is 12.5. The number of aromatic nitrogens is 1. The second-order valence-electron chi connectivity index (χ2n) is 10.8. The Kier molecular flexibility index (Phi) is 7.54. The number of carboxylic acid groups (broad SMARTS) is 1. The molecule has 0 bridgehead atoms. The number of pyridine rings is 1. The van der Waals surface area contributed by atoms with E-state index in [2.05, 4.69) is 0 Å². The van der Waals surface area contributed by atoms with Crippen LogP contribution in [0.15, 0.2) is 35.1 Å². The van der Waals surface area contributed by atoms with Crippen LogP contribution in [0, 0.1) is 6.92 Å². The third-order valence-corrected chi connectivity index (χ3v) is 7.96. The molecule has 0 spiro atoms. The van der Waals surface area contributed by atoms with Gasteiger partial charge in [-0.1, -0.05) is 6.07 Å². The number of nitrogens with zero attached hydrogens (tertiary/aromatic N) is 2. The molecule has 1 unspecified atom stereocenters. The van der Waals surface area contributed by atoms with E-state index >= 15 is 0 Å². The standard InChI is InChI=1S/C28H34N2O8S/c1-16-18-9-8-14-36-22(18)13-12-19(16)23-20-11-10-17(38-39(34,35)29(5)6)15-21(20)26(31)30(7)24(23)25(27(32)33)37-28(2,3)4/h10-13,15,25H,8-9,14H2,1-7H3,(H,32,33). The Morgan fingerprint density at radius 1 is 1.15 bits per heavy atom. The maximum Gasteiger partial charge on any atom is 0.384 e. The fourth-order valence-electron chi connectivity index (χ4n) is 4.81. The van der Waals surface area contributed by atoms with Crippen molar-refractivity contribution in [2.75, 3.05) is 20.7 Å². The Hall–Kier alpha value is -3.41. The summed E-state index contributed by atoms with van der Waals surface area (Å²) in [6, 6.07) is 8.12. The van der Waals surface area contributed by atoms with Gasteiger partial charge in [0.05, 0.1) is 23.3 Å². The largest absolute Gasteiger partial charge is 0.493 e. The number of ether oxygens (including phenoxy) is 2. The molecule has 0 fully saturated rings. The lowest BCUT2D eigenvalue weighted by Crippen LogP contribution is -2.33. The van der Waals surface area contributed by atoms with Crippen molar-refractivity contribution in [3.8, 4) is 22.6 Å². The van der Waals surface area contributed by atoms with Crippen molar-refractivity contribution >= 4 is 27.0 Å². The van der Waals surface area contributed by atoms with Crippen molar-refractivity contribution in [1.29, 1.82) is 0 Å². The molecule has 0 amide bonds. The molecular weight excluding hydrogens is 524 g/mol. The zero-order chi connectivity index (χ0) is 28.9. The van der Waals surface area contributed by atoms with E-state index in [1.165, 1.54) is 37.8 Å². The van der Waals surface area contributed by atoms with Gasteiger partial charge >= 0.3 is 16.3 Å². The van der Waals surface area contributed by atoms with Gasteiger partial charge in [-0.2, -0.15) is 12.7 Å². The van der Waals surface area contributed by atoms with E-state index in [0.29, 0.717) is 17.6 Å². The molecule has 0 saturated carbocycles. The van der Waals surface area contributed by atoms with Gasteiger partial charge in [0, 0.05) is 26.7 Å². The van der Waals surface area contributed by atoms with Gasteiger partial charge in [-0.25, -0.2) is 4.79 Å². The van der Waals surface area contributed by atoms with Gasteiger partial charge in [-0.05, 0) is 86.9 Å². The molecule has 0 saturated heterocycles. The Labute approximate surface area is 228 Å². The van der Waals surface area contributed by atoms with Crippen LogP contribution in [0.3, 0.4) is 0 Å². The van der Waals surface area contributed by atoms with E-state index in [1.54, 1.807) is 26.8 Å². The number of hydrogen-bond donors (Lipinski definition) is 1. The van der Waals surface area contributed by atoms with Crippen LogP contribution in [0.5, 0.6) is 11.5 Å². The first kappa shape index (κ1) is 28.6. The van der Waals surface area contributed by atoms with Crippen molar-refractivity contribution < 1.29 is 32.0 Å². The summed E-state index contributed by atoms with van der Waals surface area (Å²) in [6.45, 7) is 7.82. The number of benzene rings is 2. The van der Waals surface area contributed by atoms with Gasteiger partial charge in [0.2, 0.25) is 0 Å². The lowest BCUT2D eigenvalue weighted by Gasteiger charge is -2.29. The lowest BCUT2D eigenvalue weighted by atomic mass is 9.88. The molecule has 0 radical (unpaired) electrons. The molecule has 2 heterocycles. The molecule has 3 aromatic rings. The highest BCUT2D eigenvalue weighted by atomic mass is 32.2. The van der Waals surface area contributed by atoms with Crippen molar-refractivity contribution in [3.05, 3.63) is 57.5 Å². The average Bonchev–Trinajstić information content (AvgIpc) is 2.85. The van der Waals surface area contributed by atoms with E-state index in [1.807, 2.05) is 19.1 Å². The molecule has 210 valence electrons. The van der Waals surface area contributed by atoms with E-state index in [9.17, 15) is 23.1 Å². The summed E-state index contributed by atoms with van der Waals surface area (Å²) in [4.78, 5) is 26.3. The second kappa shape index (κ2) is 10.3. The lowest BCUT2D eigenvalue weighted by molar-refractivity contribution is -0.161. The van der Waals surface area contributed by atoms with Crippen molar-refractivity contribution in [2.45, 2.75) is 52.2 Å². The van der Waals surface area contributed by atoms with Gasteiger partial charge in [0.25, 0.3) is 5.56 Å². The minimum Gasteiger partial charge on any atom is -0.493 e. The molecule has 1 atom stereocenters. The zero-order valence-corrected chi connectivity index (χ0v) is 24.0. The third kappa shape index (κ3) is 5.52. The summed E-state index contributed by atoms with van der Waals surface area (Å²) in [7, 11) is 0.101. The van der Waals surface area contributed by atoms with E-state index in [-0.39, 0.29) is 16.8 Å². The highest BCUT2D eigenvalue weighted by molar-refractivity contribution is 7.84. The van der Waals surface area contributed by atoms with Crippen molar-refractivity contribution in [2.24, 2.45) is 7.05 Å². The summed E-state index contributed by atoms with van der Waals surface area (Å²) in [6.07, 6.45) is 0.193. The molecule has 4 rings (SSSR count). The van der Waals surface area contributed by atoms with Crippen LogP contribution in [0.2, 0.25) is 0 Å². The van der Waals surface area contributed by atoms with Gasteiger partial charge in [0.15, 0.2) is 6.10 Å². The van der Waals surface area contributed by atoms with Crippen LogP contribution in [0.4, 0.5) is 0 Å². The predicted molar refractivity (Wildman–Crippen MR) is 148 cm³/mol. The van der Waals surface area contributed by atoms with E-state index in [4.69, 9.17) is 13.7 Å². The highest BCUT2D eigenvalue weighted by Gasteiger charge is 2.34. The molecule has 39 heavy (non-hydrogen) atoms. The van der Waals surface area contributed by atoms with Gasteiger partial charge in [-0.3, -0.25) is 4.79 Å². The number of fused-ring (bicyclic) bond motifs is 2. The van der Waals surface area contributed by atoms with Crippen LogP contribution in [0.1, 0.15) is 50.1 Å². The highest BCUT2D eigenvalue weighted by Crippen LogP contribution is 2.42. The minimum atomic E-state index is -4.06. The smallest absolute Gasteiger partial charge is 0.384 e. The third-order valence-electron chi connectivity index (χ3n) is 6.66. The van der Waals surface area contributed by atoms with Crippen LogP contribution in [0.25, 0.3) is 21.9 Å². The summed E-state index contributed by atoms with van der Waals surface area (Å²) in [5, 5.41) is 10.9. The summed E-state index contributed by atoms with van der Waals surface area (Å²) in [5.41, 5.74) is 2.01. The number of rotatable bonds is 7. The number of hydrogen-bond acceptors (Lipinski definition) is 7. The quantitative estimate of drug-likeness (QED) is 0.462. The van der Waals surface area contributed by atoms with Gasteiger partial charge < -0.3 is 23.3 Å². The zero-order valence-electron chi connectivity index (χ0n) is 23.2. The fourth-order valence-corrected chi connectivity index (χ4v) is 5.30. The maximum atomic E-state index is 13.7. The normalized spacial score (nSPS) is 14.7. The average molecular weight is 559 g/mol. The SMILES string of the molecule is Cc1c(-c2c(C(OC(C)(C)C)C(=O)O)n(C)c(=O)c3cc(OS(=O)(=O)N(C)C)ccc23)ccc2c1CCCO2. The number of carbonyl (C=O) groups is 1. The molecule has 11 heteroatoms. The summed E-state index contributed by atoms with van der Waals surface area (Å²) < 4.78 is 43.9. The summed E-state index contributed by atoms with van der Waals surface area (Å²) >= 11 is 0. The van der Waals surface area contributed by atoms with Crippen LogP contribution in [-0.4, -0.2) is 54.7 Å².